The molecule has 7 heteroatoms. The molecule has 6 nitrogen and oxygen atoms in total. The Hall–Kier alpha value is -1.11. The standard InChI is InChI=1S/C2H6N4O2S/c3-1(4)9(7,8)2(5)6/h(H3,3,4)(H3,5,6). The quantitative estimate of drug-likeness (QED) is 0.239. The van der Waals surface area contributed by atoms with Crippen molar-refractivity contribution in [2.24, 2.45) is 11.5 Å². The summed E-state index contributed by atoms with van der Waals surface area (Å²) < 4.78 is 20.7. The molecule has 0 saturated heterocycles. The van der Waals surface area contributed by atoms with Crippen LogP contribution < -0.4 is 11.5 Å². The molecule has 0 atom stereocenters. The van der Waals surface area contributed by atoms with E-state index in [1.54, 1.807) is 0 Å². The third-order valence-corrected chi connectivity index (χ3v) is 1.74. The zero-order chi connectivity index (χ0) is 7.65. The molecular formula is C2H6N4O2S. The number of rotatable bonds is 0. The van der Waals surface area contributed by atoms with Crippen LogP contribution in [-0.2, 0) is 9.84 Å². The minimum absolute atomic E-state index is 1.10. The minimum Gasteiger partial charge on any atom is -0.374 e. The summed E-state index contributed by atoms with van der Waals surface area (Å²) in [6.45, 7) is 0. The minimum atomic E-state index is -4.09. The van der Waals surface area contributed by atoms with Gasteiger partial charge in [-0.1, -0.05) is 0 Å². The second-order valence-corrected chi connectivity index (χ2v) is 3.12. The highest BCUT2D eigenvalue weighted by Gasteiger charge is 2.17. The van der Waals surface area contributed by atoms with E-state index in [4.69, 9.17) is 10.8 Å². The normalized spacial score (nSPS) is 10.7. The summed E-state index contributed by atoms with van der Waals surface area (Å²) in [6.07, 6.45) is 0. The van der Waals surface area contributed by atoms with Gasteiger partial charge in [-0.05, 0) is 0 Å². The average molecular weight is 150 g/mol. The molecule has 0 saturated carbocycles. The summed E-state index contributed by atoms with van der Waals surface area (Å²) in [7, 11) is -4.09. The molecular weight excluding hydrogens is 144 g/mol. The zero-order valence-corrected chi connectivity index (χ0v) is 5.20. The van der Waals surface area contributed by atoms with E-state index < -0.39 is 20.2 Å². The zero-order valence-electron chi connectivity index (χ0n) is 4.38. The Morgan fingerprint density at radius 2 is 1.33 bits per heavy atom. The first kappa shape index (κ1) is 7.89. The van der Waals surface area contributed by atoms with Crippen LogP contribution in [0.3, 0.4) is 0 Å². The number of sulfone groups is 1. The van der Waals surface area contributed by atoms with Gasteiger partial charge >= 0.3 is 0 Å². The van der Waals surface area contributed by atoms with Crippen LogP contribution in [0.5, 0.6) is 0 Å². The molecule has 9 heavy (non-hydrogen) atoms. The summed E-state index contributed by atoms with van der Waals surface area (Å²) in [5.74, 6) is 0. The van der Waals surface area contributed by atoms with Crippen LogP contribution in [0.1, 0.15) is 0 Å². The SMILES string of the molecule is N=C(N)S(=O)(=O)C(=N)N. The monoisotopic (exact) mass is 150 g/mol. The topological polar surface area (TPSA) is 134 Å². The summed E-state index contributed by atoms with van der Waals surface area (Å²) in [4.78, 5) is 0. The molecule has 0 fully saturated rings. The fourth-order valence-corrected chi connectivity index (χ4v) is 0.355. The fraction of sp³-hybridized carbons (Fsp3) is 0. The van der Waals surface area contributed by atoms with E-state index in [1.807, 2.05) is 0 Å². The maximum atomic E-state index is 10.3. The van der Waals surface area contributed by atoms with Crippen molar-refractivity contribution in [3.63, 3.8) is 0 Å². The van der Waals surface area contributed by atoms with E-state index in [9.17, 15) is 8.42 Å². The van der Waals surface area contributed by atoms with E-state index >= 15 is 0 Å². The van der Waals surface area contributed by atoms with E-state index in [2.05, 4.69) is 11.5 Å². The molecule has 0 rings (SSSR count). The Labute approximate surface area is 51.8 Å². The highest BCUT2D eigenvalue weighted by atomic mass is 32.2. The predicted octanol–water partition coefficient (Wildman–Crippen LogP) is -1.81. The smallest absolute Gasteiger partial charge is 0.270 e. The van der Waals surface area contributed by atoms with Crippen molar-refractivity contribution in [1.29, 1.82) is 10.8 Å². The van der Waals surface area contributed by atoms with Crippen LogP contribution in [0.4, 0.5) is 0 Å². The van der Waals surface area contributed by atoms with Gasteiger partial charge in [-0.3, -0.25) is 10.8 Å². The maximum absolute atomic E-state index is 10.3. The molecule has 0 aliphatic rings. The molecule has 52 valence electrons. The van der Waals surface area contributed by atoms with Crippen molar-refractivity contribution in [1.82, 2.24) is 0 Å². The summed E-state index contributed by atoms with van der Waals surface area (Å²) in [5.41, 5.74) is 9.09. The highest BCUT2D eigenvalue weighted by Crippen LogP contribution is 1.83. The molecule has 0 unspecified atom stereocenters. The van der Waals surface area contributed by atoms with Gasteiger partial charge in [-0.2, -0.15) is 0 Å². The second kappa shape index (κ2) is 2.02. The first-order valence-corrected chi connectivity index (χ1v) is 3.30. The number of nitrogens with one attached hydrogen (secondary N) is 2. The molecule has 0 aromatic heterocycles. The first-order chi connectivity index (χ1) is 3.89. The van der Waals surface area contributed by atoms with Crippen molar-refractivity contribution < 1.29 is 8.42 Å². The molecule has 0 aliphatic carbocycles. The lowest BCUT2D eigenvalue weighted by Gasteiger charge is -1.94. The first-order valence-electron chi connectivity index (χ1n) is 1.82. The Kier molecular flexibility index (Phi) is 1.77. The van der Waals surface area contributed by atoms with E-state index in [0.717, 1.165) is 0 Å². The molecule has 0 amide bonds. The van der Waals surface area contributed by atoms with Crippen LogP contribution in [0.2, 0.25) is 0 Å². The Morgan fingerprint density at radius 1 is 1.11 bits per heavy atom. The number of amidine groups is 2. The van der Waals surface area contributed by atoms with Crippen LogP contribution in [0.25, 0.3) is 0 Å². The average Bonchev–Trinajstić information content (AvgIpc) is 1.65. The fourth-order valence-electron chi connectivity index (χ4n) is 0.118. The van der Waals surface area contributed by atoms with Crippen LogP contribution in [0.15, 0.2) is 0 Å². The third-order valence-electron chi connectivity index (χ3n) is 0.579. The van der Waals surface area contributed by atoms with Gasteiger partial charge in [-0.25, -0.2) is 8.42 Å². The Balaban J connectivity index is 4.87. The lowest BCUT2D eigenvalue weighted by atomic mass is 11.3. The summed E-state index contributed by atoms with van der Waals surface area (Å²) in [5, 5.41) is 10.6. The van der Waals surface area contributed by atoms with Crippen molar-refractivity contribution in [3.8, 4) is 0 Å². The van der Waals surface area contributed by atoms with Crippen LogP contribution in [-0.4, -0.2) is 18.8 Å². The van der Waals surface area contributed by atoms with Crippen LogP contribution in [0, 0.1) is 10.8 Å². The van der Waals surface area contributed by atoms with Gasteiger partial charge in [0.05, 0.1) is 0 Å². The van der Waals surface area contributed by atoms with Gasteiger partial charge in [0.15, 0.2) is 0 Å². The predicted molar refractivity (Wildman–Crippen MR) is 32.7 cm³/mol. The van der Waals surface area contributed by atoms with Gasteiger partial charge in [0.25, 0.3) is 9.84 Å². The molecule has 6 N–H and O–H groups in total. The van der Waals surface area contributed by atoms with Crippen molar-refractivity contribution >= 4 is 20.2 Å². The summed E-state index contributed by atoms with van der Waals surface area (Å²) >= 11 is 0. The Morgan fingerprint density at radius 3 is 1.33 bits per heavy atom. The second-order valence-electron chi connectivity index (χ2n) is 1.23. The van der Waals surface area contributed by atoms with E-state index in [0.29, 0.717) is 0 Å². The van der Waals surface area contributed by atoms with E-state index in [-0.39, 0.29) is 0 Å². The maximum Gasteiger partial charge on any atom is 0.270 e. The largest absolute Gasteiger partial charge is 0.374 e. The number of hydrogen-bond donors (Lipinski definition) is 4. The molecule has 0 aromatic carbocycles. The lowest BCUT2D eigenvalue weighted by molar-refractivity contribution is 0.616. The van der Waals surface area contributed by atoms with Gasteiger partial charge in [0.2, 0.25) is 10.3 Å². The molecule has 0 heterocycles. The van der Waals surface area contributed by atoms with E-state index in [1.165, 1.54) is 0 Å². The van der Waals surface area contributed by atoms with Gasteiger partial charge in [0.1, 0.15) is 0 Å². The molecule has 0 spiro atoms. The Bertz CT molecular complexity index is 219. The highest BCUT2D eigenvalue weighted by molar-refractivity contribution is 8.18. The molecule has 0 bridgehead atoms. The van der Waals surface area contributed by atoms with Crippen LogP contribution >= 0.6 is 0 Å². The van der Waals surface area contributed by atoms with Crippen molar-refractivity contribution in [2.75, 3.05) is 0 Å². The molecule has 0 radical (unpaired) electrons. The number of hydrogen-bond acceptors (Lipinski definition) is 4. The lowest BCUT2D eigenvalue weighted by Crippen LogP contribution is -2.33. The van der Waals surface area contributed by atoms with Gasteiger partial charge in [0, 0.05) is 0 Å². The van der Waals surface area contributed by atoms with Crippen molar-refractivity contribution in [3.05, 3.63) is 0 Å². The summed E-state index contributed by atoms with van der Waals surface area (Å²) in [6, 6.07) is 0. The third kappa shape index (κ3) is 1.39. The van der Waals surface area contributed by atoms with Crippen molar-refractivity contribution in [2.45, 2.75) is 0 Å². The van der Waals surface area contributed by atoms with Gasteiger partial charge < -0.3 is 11.5 Å². The molecule has 0 aromatic rings. The molecule has 0 aliphatic heterocycles. The number of nitrogens with two attached hydrogens (primary N) is 2. The van der Waals surface area contributed by atoms with Gasteiger partial charge in [-0.15, -0.1) is 0 Å².